The summed E-state index contributed by atoms with van der Waals surface area (Å²) in [4.78, 5) is 4.47. The van der Waals surface area contributed by atoms with Gasteiger partial charge in [-0.2, -0.15) is 0 Å². The number of imidazole rings is 1. The van der Waals surface area contributed by atoms with E-state index in [1.54, 1.807) is 6.92 Å². The minimum Gasteiger partial charge on any atom is -0.385 e. The molecule has 0 aliphatic carbocycles. The molecule has 2 aromatic rings. The molecule has 1 aromatic carbocycles. The van der Waals surface area contributed by atoms with Crippen LogP contribution in [0.25, 0.3) is 11.0 Å². The van der Waals surface area contributed by atoms with E-state index in [1.807, 2.05) is 29.7 Å². The number of aliphatic hydroxyl groups is 1. The Morgan fingerprint density at radius 1 is 1.47 bits per heavy atom. The molecule has 1 N–H and O–H groups in total. The van der Waals surface area contributed by atoms with Gasteiger partial charge in [-0.3, -0.25) is 0 Å². The Morgan fingerprint density at radius 2 is 2.26 bits per heavy atom. The summed E-state index contributed by atoms with van der Waals surface area (Å²) in [6.45, 7) is 5.89. The number of nitrogens with zero attached hydrogens (tertiary/aromatic N) is 2. The van der Waals surface area contributed by atoms with Gasteiger partial charge in [-0.15, -0.1) is 0 Å². The third-order valence-corrected chi connectivity index (χ3v) is 3.22. The molecule has 0 amide bonds. The minimum absolute atomic E-state index is 0.599. The van der Waals surface area contributed by atoms with Crippen LogP contribution >= 0.6 is 11.6 Å². The maximum absolute atomic E-state index is 9.83. The van der Waals surface area contributed by atoms with Gasteiger partial charge < -0.3 is 14.4 Å². The average molecular weight is 283 g/mol. The van der Waals surface area contributed by atoms with Gasteiger partial charge in [0.05, 0.1) is 11.0 Å². The minimum atomic E-state index is -0.599. The van der Waals surface area contributed by atoms with Crippen molar-refractivity contribution in [3.8, 4) is 0 Å². The summed E-state index contributed by atoms with van der Waals surface area (Å²) in [7, 11) is 0. The standard InChI is InChI=1S/C14H19ClN2O2/c1-3-19-8-4-7-17-13-9-11(15)5-6-12(13)16-14(17)10(2)18/h5-6,9-10,18H,3-4,7-8H2,1-2H3. The zero-order chi connectivity index (χ0) is 13.8. The van der Waals surface area contributed by atoms with Crippen molar-refractivity contribution in [3.63, 3.8) is 0 Å². The highest BCUT2D eigenvalue weighted by Gasteiger charge is 2.14. The molecule has 0 radical (unpaired) electrons. The first-order chi connectivity index (χ1) is 9.13. The lowest BCUT2D eigenvalue weighted by Gasteiger charge is -2.11. The normalized spacial score (nSPS) is 13.1. The van der Waals surface area contributed by atoms with E-state index in [-0.39, 0.29) is 0 Å². The fraction of sp³-hybridized carbons (Fsp3) is 0.500. The van der Waals surface area contributed by atoms with E-state index in [0.717, 1.165) is 30.6 Å². The van der Waals surface area contributed by atoms with Gasteiger partial charge in [0, 0.05) is 24.8 Å². The summed E-state index contributed by atoms with van der Waals surface area (Å²) in [5, 5.41) is 10.5. The van der Waals surface area contributed by atoms with Gasteiger partial charge in [0.2, 0.25) is 0 Å². The molecule has 104 valence electrons. The fourth-order valence-electron chi connectivity index (χ4n) is 2.14. The number of halogens is 1. The quantitative estimate of drug-likeness (QED) is 0.828. The lowest BCUT2D eigenvalue weighted by molar-refractivity contribution is 0.139. The molecule has 1 aromatic heterocycles. The number of rotatable bonds is 6. The van der Waals surface area contributed by atoms with Gasteiger partial charge in [0.1, 0.15) is 11.9 Å². The summed E-state index contributed by atoms with van der Waals surface area (Å²) >= 11 is 6.03. The molecule has 5 heteroatoms. The largest absolute Gasteiger partial charge is 0.385 e. The number of aromatic nitrogens is 2. The van der Waals surface area contributed by atoms with Crippen LogP contribution < -0.4 is 0 Å². The Kier molecular flexibility index (Phi) is 4.80. The van der Waals surface area contributed by atoms with Gasteiger partial charge in [-0.05, 0) is 38.5 Å². The first kappa shape index (κ1) is 14.3. The van der Waals surface area contributed by atoms with E-state index >= 15 is 0 Å². The Bertz CT molecular complexity index is 552. The number of aliphatic hydroxyl groups excluding tert-OH is 1. The number of benzene rings is 1. The van der Waals surface area contributed by atoms with E-state index in [4.69, 9.17) is 16.3 Å². The third-order valence-electron chi connectivity index (χ3n) is 2.99. The highest BCUT2D eigenvalue weighted by atomic mass is 35.5. The van der Waals surface area contributed by atoms with Crippen LogP contribution in [0, 0.1) is 0 Å². The maximum atomic E-state index is 9.83. The number of hydrogen-bond acceptors (Lipinski definition) is 3. The summed E-state index contributed by atoms with van der Waals surface area (Å²) in [6, 6.07) is 5.58. The highest BCUT2D eigenvalue weighted by Crippen LogP contribution is 2.24. The van der Waals surface area contributed by atoms with Crippen molar-refractivity contribution in [3.05, 3.63) is 29.0 Å². The summed E-state index contributed by atoms with van der Waals surface area (Å²) in [6.07, 6.45) is 0.282. The SMILES string of the molecule is CCOCCCn1c(C(C)O)nc2ccc(Cl)cc21. The van der Waals surface area contributed by atoms with Gasteiger partial charge in [0.25, 0.3) is 0 Å². The van der Waals surface area contributed by atoms with E-state index in [9.17, 15) is 5.11 Å². The number of aryl methyl sites for hydroxylation is 1. The molecule has 0 spiro atoms. The van der Waals surface area contributed by atoms with Crippen LogP contribution in [0.1, 0.15) is 32.2 Å². The van der Waals surface area contributed by atoms with Gasteiger partial charge in [0.15, 0.2) is 0 Å². The predicted molar refractivity (Wildman–Crippen MR) is 76.5 cm³/mol. The van der Waals surface area contributed by atoms with E-state index in [2.05, 4.69) is 4.98 Å². The van der Waals surface area contributed by atoms with Crippen molar-refractivity contribution in [1.29, 1.82) is 0 Å². The fourth-order valence-corrected chi connectivity index (χ4v) is 2.30. The van der Waals surface area contributed by atoms with Gasteiger partial charge in [-0.25, -0.2) is 4.98 Å². The first-order valence-corrected chi connectivity index (χ1v) is 6.92. The summed E-state index contributed by atoms with van der Waals surface area (Å²) < 4.78 is 7.36. The monoisotopic (exact) mass is 282 g/mol. The lowest BCUT2D eigenvalue weighted by Crippen LogP contribution is -2.09. The summed E-state index contributed by atoms with van der Waals surface area (Å²) in [5.74, 6) is 0.675. The molecule has 19 heavy (non-hydrogen) atoms. The van der Waals surface area contributed by atoms with Crippen molar-refractivity contribution in [2.24, 2.45) is 0 Å². The van der Waals surface area contributed by atoms with Crippen LogP contribution in [0.2, 0.25) is 5.02 Å². The van der Waals surface area contributed by atoms with Crippen molar-refractivity contribution >= 4 is 22.6 Å². The predicted octanol–water partition coefficient (Wildman–Crippen LogP) is 3.17. The highest BCUT2D eigenvalue weighted by molar-refractivity contribution is 6.31. The molecular weight excluding hydrogens is 264 g/mol. The van der Waals surface area contributed by atoms with Crippen molar-refractivity contribution in [1.82, 2.24) is 9.55 Å². The molecule has 4 nitrogen and oxygen atoms in total. The van der Waals surface area contributed by atoms with Crippen LogP contribution in [0.4, 0.5) is 0 Å². The molecule has 2 rings (SSSR count). The van der Waals surface area contributed by atoms with Crippen LogP contribution in [-0.4, -0.2) is 27.9 Å². The van der Waals surface area contributed by atoms with Crippen molar-refractivity contribution in [2.75, 3.05) is 13.2 Å². The van der Waals surface area contributed by atoms with E-state index in [1.165, 1.54) is 0 Å². The number of hydrogen-bond donors (Lipinski definition) is 1. The number of fused-ring (bicyclic) bond motifs is 1. The van der Waals surface area contributed by atoms with Gasteiger partial charge in [-0.1, -0.05) is 11.6 Å². The Labute approximate surface area is 118 Å². The van der Waals surface area contributed by atoms with Crippen molar-refractivity contribution < 1.29 is 9.84 Å². The Hall–Kier alpha value is -1.10. The Morgan fingerprint density at radius 3 is 2.95 bits per heavy atom. The first-order valence-electron chi connectivity index (χ1n) is 6.55. The lowest BCUT2D eigenvalue weighted by atomic mass is 10.3. The zero-order valence-corrected chi connectivity index (χ0v) is 12.0. The molecule has 0 aliphatic heterocycles. The molecule has 0 saturated heterocycles. The second-order valence-corrected chi connectivity index (χ2v) is 4.92. The second-order valence-electron chi connectivity index (χ2n) is 4.48. The van der Waals surface area contributed by atoms with Gasteiger partial charge >= 0.3 is 0 Å². The van der Waals surface area contributed by atoms with E-state index < -0.39 is 6.10 Å². The molecule has 0 bridgehead atoms. The van der Waals surface area contributed by atoms with Crippen LogP contribution in [0.5, 0.6) is 0 Å². The van der Waals surface area contributed by atoms with Crippen LogP contribution in [0.3, 0.4) is 0 Å². The Balaban J connectivity index is 2.31. The molecule has 0 fully saturated rings. The van der Waals surface area contributed by atoms with Crippen molar-refractivity contribution in [2.45, 2.75) is 32.9 Å². The zero-order valence-electron chi connectivity index (χ0n) is 11.3. The van der Waals surface area contributed by atoms with Crippen LogP contribution in [0.15, 0.2) is 18.2 Å². The molecule has 0 saturated carbocycles. The third kappa shape index (κ3) is 3.26. The molecule has 1 heterocycles. The molecular formula is C14H19ClN2O2. The smallest absolute Gasteiger partial charge is 0.138 e. The van der Waals surface area contributed by atoms with E-state index in [0.29, 0.717) is 17.5 Å². The van der Waals surface area contributed by atoms with Crippen LogP contribution in [-0.2, 0) is 11.3 Å². The second kappa shape index (κ2) is 6.37. The molecule has 1 unspecified atom stereocenters. The average Bonchev–Trinajstić information content (AvgIpc) is 2.73. The maximum Gasteiger partial charge on any atom is 0.138 e. The summed E-state index contributed by atoms with van der Waals surface area (Å²) in [5.41, 5.74) is 1.82. The molecule has 1 atom stereocenters. The molecule has 0 aliphatic rings. The topological polar surface area (TPSA) is 47.3 Å². The number of ether oxygens (including phenoxy) is 1.